The average molecular weight is 368 g/mol. The van der Waals surface area contributed by atoms with E-state index in [1.165, 1.54) is 36.3 Å². The van der Waals surface area contributed by atoms with Crippen molar-refractivity contribution in [2.24, 2.45) is 0 Å². The molecule has 2 amide bonds. The number of halogens is 1. The van der Waals surface area contributed by atoms with Crippen LogP contribution in [-0.4, -0.2) is 18.1 Å². The van der Waals surface area contributed by atoms with Crippen molar-refractivity contribution in [3.8, 4) is 16.9 Å². The summed E-state index contributed by atoms with van der Waals surface area (Å²) in [5, 5.41) is 12.3. The highest BCUT2D eigenvalue weighted by atomic mass is 32.1. The Kier molecular flexibility index (Phi) is 5.10. The van der Waals surface area contributed by atoms with Crippen LogP contribution in [-0.2, 0) is 0 Å². The van der Waals surface area contributed by atoms with Gasteiger partial charge in [0, 0.05) is 12.7 Å². The summed E-state index contributed by atoms with van der Waals surface area (Å²) in [5.74, 6) is 0.0779. The number of hydrogen-bond acceptors (Lipinski definition) is 5. The molecule has 0 saturated heterocycles. The average Bonchev–Trinajstić information content (AvgIpc) is 3.08. The number of benzene rings is 2. The van der Waals surface area contributed by atoms with Crippen LogP contribution >= 0.6 is 11.3 Å². The predicted molar refractivity (Wildman–Crippen MR) is 97.2 cm³/mol. The zero-order valence-corrected chi connectivity index (χ0v) is 14.5. The molecule has 0 aliphatic heterocycles. The molecule has 0 atom stereocenters. The molecule has 0 unspecified atom stereocenters. The van der Waals surface area contributed by atoms with E-state index in [2.05, 4.69) is 10.3 Å². The van der Waals surface area contributed by atoms with Crippen molar-refractivity contribution in [3.63, 3.8) is 0 Å². The van der Waals surface area contributed by atoms with Gasteiger partial charge in [0.25, 0.3) is 0 Å². The standard InChI is InChI=1S/C18H13FN4O2S/c1-23(14-6-3-5-13(19)9-14)18(24)22-17-21-11-16(26-17)25-15-7-2-4-12(8-15)10-20/h2-9,11H,1H3,(H,21,22,24). The highest BCUT2D eigenvalue weighted by Crippen LogP contribution is 2.30. The monoisotopic (exact) mass is 368 g/mol. The lowest BCUT2D eigenvalue weighted by Gasteiger charge is -2.16. The van der Waals surface area contributed by atoms with E-state index >= 15 is 0 Å². The summed E-state index contributed by atoms with van der Waals surface area (Å²) >= 11 is 1.14. The molecule has 0 radical (unpaired) electrons. The molecule has 1 N–H and O–H groups in total. The molecule has 1 heterocycles. The molecule has 3 rings (SSSR count). The van der Waals surface area contributed by atoms with Crippen LogP contribution in [0.2, 0.25) is 0 Å². The summed E-state index contributed by atoms with van der Waals surface area (Å²) in [7, 11) is 1.53. The third-order valence-electron chi connectivity index (χ3n) is 3.38. The molecule has 0 saturated carbocycles. The first-order valence-electron chi connectivity index (χ1n) is 7.49. The summed E-state index contributed by atoms with van der Waals surface area (Å²) in [6.07, 6.45) is 1.47. The Morgan fingerprint density at radius 3 is 2.88 bits per heavy atom. The van der Waals surface area contributed by atoms with Gasteiger partial charge in [0.15, 0.2) is 5.13 Å². The van der Waals surface area contributed by atoms with Crippen LogP contribution in [0, 0.1) is 17.1 Å². The van der Waals surface area contributed by atoms with Gasteiger partial charge in [-0.2, -0.15) is 5.26 Å². The first kappa shape index (κ1) is 17.4. The Morgan fingerprint density at radius 2 is 2.12 bits per heavy atom. The van der Waals surface area contributed by atoms with Crippen LogP contribution in [0.1, 0.15) is 5.56 Å². The molecule has 26 heavy (non-hydrogen) atoms. The van der Waals surface area contributed by atoms with E-state index in [1.807, 2.05) is 6.07 Å². The van der Waals surface area contributed by atoms with Crippen molar-refractivity contribution < 1.29 is 13.9 Å². The number of nitrogens with zero attached hydrogens (tertiary/aromatic N) is 3. The van der Waals surface area contributed by atoms with Crippen molar-refractivity contribution in [1.29, 1.82) is 5.26 Å². The van der Waals surface area contributed by atoms with Crippen molar-refractivity contribution >= 4 is 28.2 Å². The first-order chi connectivity index (χ1) is 12.5. The number of rotatable bonds is 4. The van der Waals surface area contributed by atoms with Crippen molar-refractivity contribution in [2.45, 2.75) is 0 Å². The Balaban J connectivity index is 1.66. The van der Waals surface area contributed by atoms with Crippen LogP contribution in [0.25, 0.3) is 0 Å². The lowest BCUT2D eigenvalue weighted by molar-refractivity contribution is 0.258. The second-order valence-electron chi connectivity index (χ2n) is 5.20. The topological polar surface area (TPSA) is 78.2 Å². The third-order valence-corrected chi connectivity index (χ3v) is 4.17. The molecule has 0 spiro atoms. The van der Waals surface area contributed by atoms with Gasteiger partial charge in [-0.1, -0.05) is 23.5 Å². The molecular formula is C18H13FN4O2S. The van der Waals surface area contributed by atoms with Gasteiger partial charge in [-0.3, -0.25) is 10.2 Å². The minimum Gasteiger partial charge on any atom is -0.445 e. The molecule has 0 aliphatic rings. The van der Waals surface area contributed by atoms with E-state index in [4.69, 9.17) is 10.00 Å². The molecule has 2 aromatic carbocycles. The number of nitrogens with one attached hydrogen (secondary N) is 1. The maximum absolute atomic E-state index is 13.3. The fourth-order valence-electron chi connectivity index (χ4n) is 2.09. The first-order valence-corrected chi connectivity index (χ1v) is 8.31. The molecular weight excluding hydrogens is 355 g/mol. The van der Waals surface area contributed by atoms with Crippen molar-refractivity contribution in [2.75, 3.05) is 17.3 Å². The number of anilines is 2. The lowest BCUT2D eigenvalue weighted by Crippen LogP contribution is -2.31. The van der Waals surface area contributed by atoms with Gasteiger partial charge in [-0.25, -0.2) is 14.2 Å². The summed E-state index contributed by atoms with van der Waals surface area (Å²) in [6, 6.07) is 14.0. The van der Waals surface area contributed by atoms with E-state index in [9.17, 15) is 9.18 Å². The van der Waals surface area contributed by atoms with Gasteiger partial charge in [0.1, 0.15) is 11.6 Å². The number of carbonyl (C=O) groups excluding carboxylic acids is 1. The number of hydrogen-bond donors (Lipinski definition) is 1. The number of ether oxygens (including phenoxy) is 1. The zero-order chi connectivity index (χ0) is 18.5. The maximum Gasteiger partial charge on any atom is 0.327 e. The number of nitriles is 1. The van der Waals surface area contributed by atoms with E-state index in [-0.39, 0.29) is 0 Å². The highest BCUT2D eigenvalue weighted by Gasteiger charge is 2.14. The lowest BCUT2D eigenvalue weighted by atomic mass is 10.2. The normalized spacial score (nSPS) is 10.0. The van der Waals surface area contributed by atoms with Crippen LogP contribution in [0.3, 0.4) is 0 Å². The van der Waals surface area contributed by atoms with Gasteiger partial charge in [-0.15, -0.1) is 0 Å². The number of urea groups is 1. The van der Waals surface area contributed by atoms with Gasteiger partial charge < -0.3 is 4.74 Å². The smallest absolute Gasteiger partial charge is 0.327 e. The van der Waals surface area contributed by atoms with E-state index in [1.54, 1.807) is 30.3 Å². The van der Waals surface area contributed by atoms with Crippen molar-refractivity contribution in [1.82, 2.24) is 4.98 Å². The largest absolute Gasteiger partial charge is 0.445 e. The van der Waals surface area contributed by atoms with Gasteiger partial charge in [0.05, 0.1) is 17.8 Å². The molecule has 0 bridgehead atoms. The van der Waals surface area contributed by atoms with Crippen LogP contribution in [0.4, 0.5) is 20.0 Å². The Bertz CT molecular complexity index is 983. The predicted octanol–water partition coefficient (Wildman–Crippen LogP) is 4.61. The molecule has 1 aromatic heterocycles. The summed E-state index contributed by atoms with van der Waals surface area (Å²) in [4.78, 5) is 17.6. The van der Waals surface area contributed by atoms with E-state index in [0.717, 1.165) is 11.3 Å². The van der Waals surface area contributed by atoms with Gasteiger partial charge >= 0.3 is 6.03 Å². The minimum absolute atomic E-state index is 0.338. The van der Waals surface area contributed by atoms with E-state index in [0.29, 0.717) is 27.2 Å². The number of aromatic nitrogens is 1. The molecule has 0 fully saturated rings. The summed E-state index contributed by atoms with van der Waals surface area (Å²) in [5.41, 5.74) is 0.904. The SMILES string of the molecule is CN(C(=O)Nc1ncc(Oc2cccc(C#N)c2)s1)c1cccc(F)c1. The van der Waals surface area contributed by atoms with Gasteiger partial charge in [0.2, 0.25) is 5.06 Å². The molecule has 3 aromatic rings. The van der Waals surface area contributed by atoms with E-state index < -0.39 is 11.8 Å². The Hall–Kier alpha value is -3.44. The third kappa shape index (κ3) is 4.15. The maximum atomic E-state index is 13.3. The van der Waals surface area contributed by atoms with Crippen molar-refractivity contribution in [3.05, 3.63) is 66.1 Å². The molecule has 6 nitrogen and oxygen atoms in total. The molecule has 8 heteroatoms. The fourth-order valence-corrected chi connectivity index (χ4v) is 2.76. The number of amides is 2. The molecule has 0 aliphatic carbocycles. The quantitative estimate of drug-likeness (QED) is 0.729. The minimum atomic E-state index is -0.456. The zero-order valence-electron chi connectivity index (χ0n) is 13.6. The van der Waals surface area contributed by atoms with Crippen LogP contribution in [0.5, 0.6) is 10.8 Å². The second kappa shape index (κ2) is 7.63. The Morgan fingerprint density at radius 1 is 1.31 bits per heavy atom. The Labute approximate surface area is 153 Å². The highest BCUT2D eigenvalue weighted by molar-refractivity contribution is 7.17. The number of carbonyl (C=O) groups is 1. The summed E-state index contributed by atoms with van der Waals surface area (Å²) in [6.45, 7) is 0. The van der Waals surface area contributed by atoms with Crippen LogP contribution < -0.4 is 15.0 Å². The number of thiazole rings is 1. The van der Waals surface area contributed by atoms with Crippen LogP contribution in [0.15, 0.2) is 54.7 Å². The molecule has 130 valence electrons. The fraction of sp³-hybridized carbons (Fsp3) is 0.0556. The second-order valence-corrected chi connectivity index (χ2v) is 6.19. The summed E-state index contributed by atoms with van der Waals surface area (Å²) < 4.78 is 18.9. The van der Waals surface area contributed by atoms with Gasteiger partial charge in [-0.05, 0) is 36.4 Å².